The Balaban J connectivity index is 4.58. The maximum Gasteiger partial charge on any atom is 0.459 e. The van der Waals surface area contributed by atoms with Gasteiger partial charge in [0.15, 0.2) is 0 Å². The molecule has 0 saturated carbocycles. The van der Waals surface area contributed by atoms with Crippen LogP contribution in [0.3, 0.4) is 0 Å². The van der Waals surface area contributed by atoms with E-state index in [9.17, 15) is 39.2 Å². The van der Waals surface area contributed by atoms with Crippen LogP contribution in [0, 0.1) is 0 Å². The van der Waals surface area contributed by atoms with Crippen LogP contribution in [0.25, 0.3) is 0 Å². The molecule has 22 heavy (non-hydrogen) atoms. The van der Waals surface area contributed by atoms with E-state index in [0.717, 1.165) is 4.72 Å². The molecule has 0 aliphatic heterocycles. The van der Waals surface area contributed by atoms with Gasteiger partial charge in [-0.1, -0.05) is 35.9 Å². The maximum atomic E-state index is 12.9. The summed E-state index contributed by atoms with van der Waals surface area (Å²) in [6.45, 7) is -0.447. The zero-order valence-corrected chi connectivity index (χ0v) is 14.3. The fourth-order valence-electron chi connectivity index (χ4n) is 1.31. The zero-order chi connectivity index (χ0) is 17.8. The van der Waals surface area contributed by atoms with Gasteiger partial charge >= 0.3 is 18.0 Å². The van der Waals surface area contributed by atoms with Crippen molar-refractivity contribution in [1.82, 2.24) is 4.72 Å². The smallest absolute Gasteiger partial charge is 0.212 e. The van der Waals surface area contributed by atoms with Gasteiger partial charge in [-0.05, 0) is 12.8 Å². The van der Waals surface area contributed by atoms with Crippen LogP contribution in [0.5, 0.6) is 0 Å². The average molecular weight is 473 g/mol. The Morgan fingerprint density at radius 3 is 1.95 bits per heavy atom. The Kier molecular flexibility index (Phi) is 7.87. The molecule has 0 rings (SSSR count). The predicted octanol–water partition coefficient (Wildman–Crippen LogP) is 3.73. The third-order valence-electron chi connectivity index (χ3n) is 2.59. The lowest BCUT2D eigenvalue weighted by Crippen LogP contribution is -2.57. The van der Waals surface area contributed by atoms with Crippen LogP contribution >= 0.6 is 22.6 Å². The lowest BCUT2D eigenvalue weighted by atomic mass is 10.1. The van der Waals surface area contributed by atoms with E-state index < -0.39 is 40.3 Å². The predicted molar refractivity (Wildman–Crippen MR) is 75.1 cm³/mol. The number of hydrogen-bond donors (Lipinski definition) is 1. The number of unbranched alkanes of at least 4 members (excludes halogenated alkanes) is 1. The number of hydrogen-bond acceptors (Lipinski definition) is 2. The van der Waals surface area contributed by atoms with Gasteiger partial charge in [-0.2, -0.15) is 30.7 Å². The molecule has 0 bridgehead atoms. The molecule has 0 amide bonds. The van der Waals surface area contributed by atoms with Gasteiger partial charge < -0.3 is 0 Å². The standard InChI is InChI=1S/C10H15F7INO2S/c1-7(18)4-2-3-5-22(20,21)19-6-8(11,12)9(13,14)10(15,16)17/h7,19H,2-6H2,1H3. The Bertz CT molecular complexity index is 451. The SMILES string of the molecule is CC(I)CCCCS(=O)(=O)NCC(F)(F)C(F)(F)C(F)(F)F. The third kappa shape index (κ3) is 6.72. The molecule has 12 heteroatoms. The molecule has 0 saturated heterocycles. The second kappa shape index (κ2) is 7.81. The molecule has 0 aromatic heterocycles. The molecular weight excluding hydrogens is 458 g/mol. The highest BCUT2D eigenvalue weighted by Crippen LogP contribution is 2.46. The molecule has 0 radical (unpaired) electrons. The Morgan fingerprint density at radius 1 is 1.05 bits per heavy atom. The van der Waals surface area contributed by atoms with Crippen LogP contribution in [-0.2, 0) is 10.0 Å². The highest BCUT2D eigenvalue weighted by molar-refractivity contribution is 14.1. The lowest BCUT2D eigenvalue weighted by Gasteiger charge is -2.28. The van der Waals surface area contributed by atoms with Crippen molar-refractivity contribution >= 4 is 32.6 Å². The zero-order valence-electron chi connectivity index (χ0n) is 11.4. The van der Waals surface area contributed by atoms with E-state index in [2.05, 4.69) is 22.6 Å². The minimum Gasteiger partial charge on any atom is -0.212 e. The normalized spacial score (nSPS) is 15.9. The summed E-state index contributed by atoms with van der Waals surface area (Å²) in [5.74, 6) is -12.5. The van der Waals surface area contributed by atoms with E-state index in [4.69, 9.17) is 0 Å². The quantitative estimate of drug-likeness (QED) is 0.240. The molecule has 134 valence electrons. The van der Waals surface area contributed by atoms with Gasteiger partial charge in [-0.25, -0.2) is 13.1 Å². The Labute approximate surface area is 137 Å². The molecule has 3 nitrogen and oxygen atoms in total. The van der Waals surface area contributed by atoms with Gasteiger partial charge in [-0.3, -0.25) is 0 Å². The number of nitrogens with one attached hydrogen (secondary N) is 1. The van der Waals surface area contributed by atoms with E-state index in [1.54, 1.807) is 0 Å². The van der Waals surface area contributed by atoms with Gasteiger partial charge in [0.2, 0.25) is 10.0 Å². The first kappa shape index (κ1) is 22.1. The fraction of sp³-hybridized carbons (Fsp3) is 1.00. The van der Waals surface area contributed by atoms with Crippen molar-refractivity contribution in [3.05, 3.63) is 0 Å². The van der Waals surface area contributed by atoms with E-state index in [0.29, 0.717) is 12.8 Å². The minimum atomic E-state index is -6.47. The molecule has 0 aromatic carbocycles. The van der Waals surface area contributed by atoms with Gasteiger partial charge in [0, 0.05) is 3.92 Å². The summed E-state index contributed by atoms with van der Waals surface area (Å²) >= 11 is 2.09. The fourth-order valence-corrected chi connectivity index (χ4v) is 2.88. The van der Waals surface area contributed by atoms with Crippen LogP contribution in [0.2, 0.25) is 0 Å². The van der Waals surface area contributed by atoms with Crippen molar-refractivity contribution in [2.75, 3.05) is 12.3 Å². The van der Waals surface area contributed by atoms with Gasteiger partial charge in [0.05, 0.1) is 12.3 Å². The number of alkyl halides is 8. The highest BCUT2D eigenvalue weighted by atomic mass is 127. The number of sulfonamides is 1. The van der Waals surface area contributed by atoms with Crippen molar-refractivity contribution in [3.63, 3.8) is 0 Å². The first-order valence-corrected chi connectivity index (χ1v) is 8.96. The first-order chi connectivity index (χ1) is 9.62. The molecular formula is C10H15F7INO2S. The van der Waals surface area contributed by atoms with E-state index >= 15 is 0 Å². The molecule has 0 fully saturated rings. The summed E-state index contributed by atoms with van der Waals surface area (Å²) < 4.78 is 111. The highest BCUT2D eigenvalue weighted by Gasteiger charge is 2.72. The monoisotopic (exact) mass is 473 g/mol. The van der Waals surface area contributed by atoms with Crippen LogP contribution in [0.15, 0.2) is 0 Å². The second-order valence-electron chi connectivity index (χ2n) is 4.69. The largest absolute Gasteiger partial charge is 0.459 e. The summed E-state index contributed by atoms with van der Waals surface area (Å²) in [7, 11) is -4.35. The summed E-state index contributed by atoms with van der Waals surface area (Å²) in [4.78, 5) is 0. The molecule has 0 aliphatic rings. The van der Waals surface area contributed by atoms with Crippen molar-refractivity contribution in [2.24, 2.45) is 0 Å². The Hall–Kier alpha value is 0.150. The first-order valence-electron chi connectivity index (χ1n) is 6.06. The minimum absolute atomic E-state index is 0.0872. The number of halogens is 8. The van der Waals surface area contributed by atoms with Crippen molar-refractivity contribution in [3.8, 4) is 0 Å². The number of rotatable bonds is 9. The van der Waals surface area contributed by atoms with Crippen LogP contribution in [0.4, 0.5) is 30.7 Å². The van der Waals surface area contributed by atoms with Crippen LogP contribution in [-0.4, -0.2) is 42.7 Å². The second-order valence-corrected chi connectivity index (χ2v) is 8.75. The summed E-state index contributed by atoms with van der Waals surface area (Å²) in [6, 6.07) is 0. The van der Waals surface area contributed by atoms with Crippen molar-refractivity contribution in [2.45, 2.75) is 48.1 Å². The molecule has 1 N–H and O–H groups in total. The van der Waals surface area contributed by atoms with Crippen LogP contribution < -0.4 is 4.72 Å². The van der Waals surface area contributed by atoms with Gasteiger partial charge in [0.25, 0.3) is 0 Å². The maximum absolute atomic E-state index is 12.9. The third-order valence-corrected chi connectivity index (χ3v) is 4.63. The molecule has 1 unspecified atom stereocenters. The van der Waals surface area contributed by atoms with Crippen LogP contribution in [0.1, 0.15) is 26.2 Å². The van der Waals surface area contributed by atoms with Gasteiger partial charge in [0.1, 0.15) is 0 Å². The van der Waals surface area contributed by atoms with Crippen molar-refractivity contribution < 1.29 is 39.2 Å². The van der Waals surface area contributed by atoms with E-state index in [1.807, 2.05) is 6.92 Å². The summed E-state index contributed by atoms with van der Waals surface area (Å²) in [6.07, 6.45) is -5.26. The Morgan fingerprint density at radius 2 is 1.55 bits per heavy atom. The summed E-state index contributed by atoms with van der Waals surface area (Å²) in [5.41, 5.74) is 0. The topological polar surface area (TPSA) is 46.2 Å². The molecule has 0 aromatic rings. The molecule has 0 aliphatic carbocycles. The average Bonchev–Trinajstić information content (AvgIpc) is 2.31. The molecule has 0 heterocycles. The molecule has 1 atom stereocenters. The van der Waals surface area contributed by atoms with Gasteiger partial charge in [-0.15, -0.1) is 0 Å². The van der Waals surface area contributed by atoms with Crippen molar-refractivity contribution in [1.29, 1.82) is 0 Å². The summed E-state index contributed by atoms with van der Waals surface area (Å²) in [5, 5.41) is 0. The van der Waals surface area contributed by atoms with E-state index in [1.165, 1.54) is 0 Å². The lowest BCUT2D eigenvalue weighted by molar-refractivity contribution is -0.352. The molecule has 0 spiro atoms. The van der Waals surface area contributed by atoms with E-state index in [-0.39, 0.29) is 10.3 Å².